The van der Waals surface area contributed by atoms with E-state index in [0.717, 1.165) is 24.0 Å². The molecule has 0 heterocycles. The minimum absolute atomic E-state index is 0.0126. The van der Waals surface area contributed by atoms with Crippen molar-refractivity contribution in [2.24, 2.45) is 0 Å². The molecule has 2 aromatic rings. The molecule has 2 aromatic carbocycles. The van der Waals surface area contributed by atoms with Crippen LogP contribution in [-0.4, -0.2) is 24.0 Å². The molecule has 1 amide bonds. The van der Waals surface area contributed by atoms with E-state index in [9.17, 15) is 9.59 Å². The molecule has 0 radical (unpaired) electrons. The number of hydrogen-bond donors (Lipinski definition) is 1. The highest BCUT2D eigenvalue weighted by Gasteiger charge is 2.19. The van der Waals surface area contributed by atoms with Crippen LogP contribution in [0.2, 0.25) is 0 Å². The van der Waals surface area contributed by atoms with Crippen molar-refractivity contribution < 1.29 is 14.3 Å². The summed E-state index contributed by atoms with van der Waals surface area (Å²) in [5, 5.41) is 2.92. The maximum absolute atomic E-state index is 12.3. The fourth-order valence-corrected chi connectivity index (χ4v) is 2.83. The number of aryl methyl sites for hydroxylation is 3. The fourth-order valence-electron chi connectivity index (χ4n) is 2.83. The van der Waals surface area contributed by atoms with Crippen LogP contribution in [0.25, 0.3) is 0 Å². The average molecular weight is 367 g/mol. The van der Waals surface area contributed by atoms with Gasteiger partial charge in [-0.25, -0.2) is 0 Å². The zero-order valence-corrected chi connectivity index (χ0v) is 16.6. The molecule has 0 unspecified atom stereocenters. The van der Waals surface area contributed by atoms with E-state index in [4.69, 9.17) is 4.74 Å². The van der Waals surface area contributed by atoms with Crippen molar-refractivity contribution >= 4 is 11.9 Å². The van der Waals surface area contributed by atoms with Crippen LogP contribution in [0, 0.1) is 13.8 Å². The van der Waals surface area contributed by atoms with E-state index >= 15 is 0 Å². The van der Waals surface area contributed by atoms with E-state index in [1.54, 1.807) is 6.92 Å². The SMILES string of the molecule is Cc1ccc(CC(=O)O[C@@H](C)C(=O)N[C@@H](C)CCc2ccccc2)cc1C. The third-order valence-electron chi connectivity index (χ3n) is 4.69. The molecule has 0 fully saturated rings. The van der Waals surface area contributed by atoms with E-state index in [0.29, 0.717) is 0 Å². The van der Waals surface area contributed by atoms with Crippen molar-refractivity contribution in [1.29, 1.82) is 0 Å². The van der Waals surface area contributed by atoms with Crippen molar-refractivity contribution in [3.05, 3.63) is 70.8 Å². The first kappa shape index (κ1) is 20.7. The number of carbonyl (C=O) groups excluding carboxylic acids is 2. The molecule has 0 saturated carbocycles. The predicted molar refractivity (Wildman–Crippen MR) is 108 cm³/mol. The molecule has 27 heavy (non-hydrogen) atoms. The van der Waals surface area contributed by atoms with Crippen LogP contribution in [0.1, 0.15) is 42.5 Å². The van der Waals surface area contributed by atoms with Gasteiger partial charge >= 0.3 is 5.97 Å². The summed E-state index contributed by atoms with van der Waals surface area (Å²) in [4.78, 5) is 24.4. The lowest BCUT2D eigenvalue weighted by atomic mass is 10.0. The maximum Gasteiger partial charge on any atom is 0.311 e. The number of esters is 1. The third-order valence-corrected chi connectivity index (χ3v) is 4.69. The second-order valence-corrected chi connectivity index (χ2v) is 7.16. The summed E-state index contributed by atoms with van der Waals surface area (Å²) in [7, 11) is 0. The number of hydrogen-bond acceptors (Lipinski definition) is 3. The van der Waals surface area contributed by atoms with Crippen LogP contribution in [0.15, 0.2) is 48.5 Å². The van der Waals surface area contributed by atoms with Crippen molar-refractivity contribution in [2.75, 3.05) is 0 Å². The molecule has 0 bridgehead atoms. The summed E-state index contributed by atoms with van der Waals surface area (Å²) in [6.07, 6.45) is 1.09. The predicted octanol–water partition coefficient (Wildman–Crippen LogP) is 3.92. The monoisotopic (exact) mass is 367 g/mol. The number of ether oxygens (including phenoxy) is 1. The van der Waals surface area contributed by atoms with Gasteiger partial charge in [-0.2, -0.15) is 0 Å². The summed E-state index contributed by atoms with van der Waals surface area (Å²) >= 11 is 0. The molecule has 4 heteroatoms. The van der Waals surface area contributed by atoms with Crippen molar-refractivity contribution in [3.63, 3.8) is 0 Å². The van der Waals surface area contributed by atoms with Gasteiger partial charge in [-0.05, 0) is 62.8 Å². The van der Waals surface area contributed by atoms with Crippen molar-refractivity contribution in [2.45, 2.75) is 59.1 Å². The second kappa shape index (κ2) is 9.91. The Morgan fingerprint density at radius 2 is 1.67 bits per heavy atom. The van der Waals surface area contributed by atoms with Gasteiger partial charge in [-0.3, -0.25) is 9.59 Å². The first-order chi connectivity index (χ1) is 12.8. The molecule has 1 N–H and O–H groups in total. The Hall–Kier alpha value is -2.62. The number of nitrogens with one attached hydrogen (secondary N) is 1. The van der Waals surface area contributed by atoms with E-state index in [1.807, 2.05) is 57.2 Å². The molecular formula is C23H29NO3. The van der Waals surface area contributed by atoms with Crippen LogP contribution in [0.4, 0.5) is 0 Å². The molecule has 0 spiro atoms. The van der Waals surface area contributed by atoms with Gasteiger partial charge in [-0.15, -0.1) is 0 Å². The molecular weight excluding hydrogens is 338 g/mol. The normalized spacial score (nSPS) is 12.9. The van der Waals surface area contributed by atoms with Crippen LogP contribution in [0.5, 0.6) is 0 Å². The highest BCUT2D eigenvalue weighted by atomic mass is 16.5. The lowest BCUT2D eigenvalue weighted by Gasteiger charge is -2.18. The van der Waals surface area contributed by atoms with Crippen molar-refractivity contribution in [1.82, 2.24) is 5.32 Å². The summed E-state index contributed by atoms with van der Waals surface area (Å²) < 4.78 is 5.30. The molecule has 0 aliphatic carbocycles. The molecule has 0 saturated heterocycles. The quantitative estimate of drug-likeness (QED) is 0.720. The van der Waals surface area contributed by atoms with Gasteiger partial charge < -0.3 is 10.1 Å². The number of amides is 1. The molecule has 0 aromatic heterocycles. The molecule has 4 nitrogen and oxygen atoms in total. The second-order valence-electron chi connectivity index (χ2n) is 7.16. The van der Waals surface area contributed by atoms with Crippen LogP contribution < -0.4 is 5.32 Å². The minimum Gasteiger partial charge on any atom is -0.452 e. The molecule has 2 rings (SSSR count). The molecule has 0 aliphatic heterocycles. The summed E-state index contributed by atoms with van der Waals surface area (Å²) in [5.41, 5.74) is 4.46. The Morgan fingerprint density at radius 3 is 2.33 bits per heavy atom. The number of carbonyl (C=O) groups is 2. The van der Waals surface area contributed by atoms with E-state index in [1.165, 1.54) is 11.1 Å². The standard InChI is InChI=1S/C23H29NO3/c1-16-10-12-21(14-17(16)2)15-22(25)27-19(4)23(26)24-18(3)11-13-20-8-6-5-7-9-20/h5-10,12,14,18-19H,11,13,15H2,1-4H3,(H,24,26)/t18-,19-/m0/s1. The van der Waals surface area contributed by atoms with Gasteiger partial charge in [0.2, 0.25) is 0 Å². The minimum atomic E-state index is -0.803. The van der Waals surface area contributed by atoms with Gasteiger partial charge in [-0.1, -0.05) is 48.5 Å². The first-order valence-electron chi connectivity index (χ1n) is 9.45. The molecule has 144 valence electrons. The zero-order valence-electron chi connectivity index (χ0n) is 16.6. The van der Waals surface area contributed by atoms with Gasteiger partial charge in [0, 0.05) is 6.04 Å². The van der Waals surface area contributed by atoms with Crippen LogP contribution in [-0.2, 0) is 27.2 Å². The van der Waals surface area contributed by atoms with Crippen molar-refractivity contribution in [3.8, 4) is 0 Å². The smallest absolute Gasteiger partial charge is 0.311 e. The van der Waals surface area contributed by atoms with Crippen LogP contribution in [0.3, 0.4) is 0 Å². The summed E-state index contributed by atoms with van der Waals surface area (Å²) in [5.74, 6) is -0.651. The summed E-state index contributed by atoms with van der Waals surface area (Å²) in [6.45, 7) is 7.61. The lowest BCUT2D eigenvalue weighted by Crippen LogP contribution is -2.41. The first-order valence-corrected chi connectivity index (χ1v) is 9.45. The Balaban J connectivity index is 1.76. The van der Waals surface area contributed by atoms with E-state index < -0.39 is 12.1 Å². The Bertz CT molecular complexity index is 770. The summed E-state index contributed by atoms with van der Waals surface area (Å²) in [6, 6.07) is 16.1. The fraction of sp³-hybridized carbons (Fsp3) is 0.391. The third kappa shape index (κ3) is 6.89. The largest absolute Gasteiger partial charge is 0.452 e. The van der Waals surface area contributed by atoms with Gasteiger partial charge in [0.15, 0.2) is 6.10 Å². The van der Waals surface area contributed by atoms with Crippen LogP contribution >= 0.6 is 0 Å². The lowest BCUT2D eigenvalue weighted by molar-refractivity contribution is -0.154. The highest BCUT2D eigenvalue weighted by Crippen LogP contribution is 2.11. The zero-order chi connectivity index (χ0) is 19.8. The highest BCUT2D eigenvalue weighted by molar-refractivity contribution is 5.84. The van der Waals surface area contributed by atoms with Gasteiger partial charge in [0.25, 0.3) is 5.91 Å². The van der Waals surface area contributed by atoms with E-state index in [-0.39, 0.29) is 18.4 Å². The average Bonchev–Trinajstić information content (AvgIpc) is 2.63. The maximum atomic E-state index is 12.3. The number of rotatable bonds is 8. The van der Waals surface area contributed by atoms with E-state index in [2.05, 4.69) is 17.4 Å². The Kier molecular flexibility index (Phi) is 7.59. The molecule has 0 aliphatic rings. The topological polar surface area (TPSA) is 55.4 Å². The van der Waals surface area contributed by atoms with Gasteiger partial charge in [0.05, 0.1) is 6.42 Å². The Labute approximate surface area is 161 Å². The Morgan fingerprint density at radius 1 is 0.963 bits per heavy atom. The van der Waals surface area contributed by atoms with Gasteiger partial charge in [0.1, 0.15) is 0 Å². The molecule has 2 atom stereocenters. The number of benzene rings is 2.